The van der Waals surface area contributed by atoms with Crippen LogP contribution in [0.4, 0.5) is 5.82 Å². The number of nitrogens with one attached hydrogen (secondary N) is 1. The summed E-state index contributed by atoms with van der Waals surface area (Å²) in [6, 6.07) is 0.0820. The molecule has 1 heterocycles. The number of carbonyl (C=O) groups is 1. The van der Waals surface area contributed by atoms with Gasteiger partial charge in [0.2, 0.25) is 11.5 Å². The van der Waals surface area contributed by atoms with Gasteiger partial charge < -0.3 is 11.1 Å². The molecule has 1 aromatic heterocycles. The predicted octanol–water partition coefficient (Wildman–Crippen LogP) is 1.21. The van der Waals surface area contributed by atoms with E-state index >= 15 is 0 Å². The molecular formula is C10H18N4O2. The summed E-state index contributed by atoms with van der Waals surface area (Å²) in [5.74, 6) is 0.137. The molecule has 0 spiro atoms. The molecule has 0 bridgehead atoms. The van der Waals surface area contributed by atoms with E-state index < -0.39 is 0 Å². The summed E-state index contributed by atoms with van der Waals surface area (Å²) in [4.78, 5) is 11.7. The van der Waals surface area contributed by atoms with Crippen molar-refractivity contribution in [3.63, 3.8) is 0 Å². The minimum atomic E-state index is -0.335. The van der Waals surface area contributed by atoms with Crippen molar-refractivity contribution in [3.05, 3.63) is 5.69 Å². The molecule has 1 amide bonds. The summed E-state index contributed by atoms with van der Waals surface area (Å²) in [5, 5.41) is 9.66. The van der Waals surface area contributed by atoms with E-state index in [9.17, 15) is 4.79 Å². The monoisotopic (exact) mass is 226 g/mol. The minimum absolute atomic E-state index is 0.0225. The van der Waals surface area contributed by atoms with Crippen LogP contribution in [-0.4, -0.2) is 22.3 Å². The van der Waals surface area contributed by atoms with Gasteiger partial charge in [0.15, 0.2) is 0 Å². The zero-order valence-corrected chi connectivity index (χ0v) is 9.86. The number of amides is 1. The fourth-order valence-electron chi connectivity index (χ4n) is 1.74. The molecular weight excluding hydrogens is 208 g/mol. The van der Waals surface area contributed by atoms with E-state index in [-0.39, 0.29) is 23.5 Å². The van der Waals surface area contributed by atoms with Crippen molar-refractivity contribution >= 4 is 11.7 Å². The van der Waals surface area contributed by atoms with Crippen molar-refractivity contribution in [1.29, 1.82) is 0 Å². The van der Waals surface area contributed by atoms with Gasteiger partial charge in [-0.3, -0.25) is 4.79 Å². The molecule has 0 saturated heterocycles. The van der Waals surface area contributed by atoms with Crippen LogP contribution in [0.25, 0.3) is 0 Å². The quantitative estimate of drug-likeness (QED) is 0.786. The minimum Gasteiger partial charge on any atom is -0.379 e. The summed E-state index contributed by atoms with van der Waals surface area (Å²) in [7, 11) is 0. The van der Waals surface area contributed by atoms with Gasteiger partial charge >= 0.3 is 0 Å². The van der Waals surface area contributed by atoms with E-state index in [2.05, 4.69) is 34.1 Å². The van der Waals surface area contributed by atoms with Gasteiger partial charge in [0.1, 0.15) is 0 Å². The Labute approximate surface area is 94.5 Å². The Balaban J connectivity index is 2.61. The molecule has 0 aliphatic heterocycles. The molecule has 1 rings (SSSR count). The summed E-state index contributed by atoms with van der Waals surface area (Å²) in [6.45, 7) is 6.17. The van der Waals surface area contributed by atoms with Gasteiger partial charge in [-0.1, -0.05) is 26.7 Å². The van der Waals surface area contributed by atoms with Crippen LogP contribution in [0.15, 0.2) is 4.63 Å². The highest BCUT2D eigenvalue weighted by atomic mass is 16.6. The molecule has 0 saturated carbocycles. The third kappa shape index (κ3) is 2.71. The molecule has 0 radical (unpaired) electrons. The Morgan fingerprint density at radius 2 is 2.06 bits per heavy atom. The Kier molecular flexibility index (Phi) is 4.28. The second-order valence-corrected chi connectivity index (χ2v) is 3.84. The average Bonchev–Trinajstić information content (AvgIpc) is 2.66. The number of hydrogen-bond acceptors (Lipinski definition) is 5. The van der Waals surface area contributed by atoms with Gasteiger partial charge in [-0.15, -0.1) is 0 Å². The smallest absolute Gasteiger partial charge is 0.277 e. The van der Waals surface area contributed by atoms with E-state index in [1.54, 1.807) is 0 Å². The molecule has 90 valence electrons. The zero-order chi connectivity index (χ0) is 12.1. The van der Waals surface area contributed by atoms with Crippen LogP contribution in [0.3, 0.4) is 0 Å². The Hall–Kier alpha value is -1.59. The Morgan fingerprint density at radius 3 is 2.50 bits per heavy atom. The van der Waals surface area contributed by atoms with Crippen molar-refractivity contribution in [2.24, 2.45) is 5.92 Å². The molecule has 0 aliphatic rings. The van der Waals surface area contributed by atoms with Gasteiger partial charge in [0.25, 0.3) is 5.91 Å². The molecule has 1 aromatic rings. The molecule has 0 fully saturated rings. The number of nitrogen functional groups attached to an aromatic ring is 1. The zero-order valence-electron chi connectivity index (χ0n) is 9.86. The lowest BCUT2D eigenvalue weighted by Crippen LogP contribution is -2.38. The largest absolute Gasteiger partial charge is 0.379 e. The van der Waals surface area contributed by atoms with Gasteiger partial charge in [0, 0.05) is 6.04 Å². The number of nitrogens with zero attached hydrogens (tertiary/aromatic N) is 2. The highest BCUT2D eigenvalue weighted by Crippen LogP contribution is 2.13. The molecule has 0 aliphatic carbocycles. The number of carbonyl (C=O) groups excluding carboxylic acids is 1. The topological polar surface area (TPSA) is 94.0 Å². The summed E-state index contributed by atoms with van der Waals surface area (Å²) >= 11 is 0. The maximum Gasteiger partial charge on any atom is 0.277 e. The molecule has 1 unspecified atom stereocenters. The number of aromatic nitrogens is 2. The fourth-order valence-corrected chi connectivity index (χ4v) is 1.74. The standard InChI is InChI=1S/C10H18N4O2/c1-4-7(5-2)6(3)12-10(15)8-9(11)14-16-13-8/h6-7H,4-5H2,1-3H3,(H2,11,14)(H,12,15). The van der Waals surface area contributed by atoms with Gasteiger partial charge in [0.05, 0.1) is 0 Å². The molecule has 6 nitrogen and oxygen atoms in total. The summed E-state index contributed by atoms with van der Waals surface area (Å²) in [6.07, 6.45) is 2.04. The third-order valence-electron chi connectivity index (χ3n) is 2.84. The van der Waals surface area contributed by atoms with Crippen LogP contribution >= 0.6 is 0 Å². The Bertz CT molecular complexity index is 346. The second-order valence-electron chi connectivity index (χ2n) is 3.84. The van der Waals surface area contributed by atoms with Gasteiger partial charge in [-0.2, -0.15) is 0 Å². The van der Waals surface area contributed by atoms with E-state index in [1.807, 2.05) is 6.92 Å². The van der Waals surface area contributed by atoms with Crippen molar-refractivity contribution in [3.8, 4) is 0 Å². The van der Waals surface area contributed by atoms with Crippen LogP contribution < -0.4 is 11.1 Å². The van der Waals surface area contributed by atoms with E-state index in [1.165, 1.54) is 0 Å². The van der Waals surface area contributed by atoms with Crippen LogP contribution in [-0.2, 0) is 0 Å². The lowest BCUT2D eigenvalue weighted by Gasteiger charge is -2.21. The molecule has 6 heteroatoms. The third-order valence-corrected chi connectivity index (χ3v) is 2.84. The average molecular weight is 226 g/mol. The predicted molar refractivity (Wildman–Crippen MR) is 59.7 cm³/mol. The van der Waals surface area contributed by atoms with Gasteiger partial charge in [-0.05, 0) is 23.2 Å². The first-order valence-electron chi connectivity index (χ1n) is 5.49. The number of anilines is 1. The Morgan fingerprint density at radius 1 is 1.44 bits per heavy atom. The lowest BCUT2D eigenvalue weighted by molar-refractivity contribution is 0.0916. The van der Waals surface area contributed by atoms with Crippen LogP contribution in [0.5, 0.6) is 0 Å². The van der Waals surface area contributed by atoms with E-state index in [0.717, 1.165) is 12.8 Å². The highest BCUT2D eigenvalue weighted by Gasteiger charge is 2.21. The SMILES string of the molecule is CCC(CC)C(C)NC(=O)c1nonc1N. The first-order valence-corrected chi connectivity index (χ1v) is 5.49. The molecule has 0 aromatic carbocycles. The fraction of sp³-hybridized carbons (Fsp3) is 0.700. The van der Waals surface area contributed by atoms with Crippen LogP contribution in [0, 0.1) is 5.92 Å². The second kappa shape index (κ2) is 5.48. The number of hydrogen-bond donors (Lipinski definition) is 2. The molecule has 16 heavy (non-hydrogen) atoms. The van der Waals surface area contributed by atoms with E-state index in [0.29, 0.717) is 5.92 Å². The van der Waals surface area contributed by atoms with Crippen LogP contribution in [0.2, 0.25) is 0 Å². The van der Waals surface area contributed by atoms with E-state index in [4.69, 9.17) is 5.73 Å². The maximum absolute atomic E-state index is 11.7. The number of nitrogens with two attached hydrogens (primary N) is 1. The highest BCUT2D eigenvalue weighted by molar-refractivity contribution is 5.96. The summed E-state index contributed by atoms with van der Waals surface area (Å²) in [5.41, 5.74) is 5.48. The van der Waals surface area contributed by atoms with Crippen molar-refractivity contribution in [2.45, 2.75) is 39.7 Å². The van der Waals surface area contributed by atoms with Gasteiger partial charge in [-0.25, -0.2) is 4.63 Å². The van der Waals surface area contributed by atoms with Crippen molar-refractivity contribution in [2.75, 3.05) is 5.73 Å². The molecule has 1 atom stereocenters. The van der Waals surface area contributed by atoms with Crippen molar-refractivity contribution in [1.82, 2.24) is 15.6 Å². The molecule has 3 N–H and O–H groups in total. The van der Waals surface area contributed by atoms with Crippen molar-refractivity contribution < 1.29 is 9.42 Å². The lowest BCUT2D eigenvalue weighted by atomic mass is 9.95. The number of rotatable bonds is 5. The normalized spacial score (nSPS) is 12.8. The van der Waals surface area contributed by atoms with Crippen LogP contribution in [0.1, 0.15) is 44.1 Å². The summed E-state index contributed by atoms with van der Waals surface area (Å²) < 4.78 is 4.38. The first-order chi connectivity index (χ1) is 7.60. The maximum atomic E-state index is 11.7. The first kappa shape index (κ1) is 12.5.